The minimum atomic E-state index is -1.13. The smallest absolute Gasteiger partial charge is 0.306 e. The van der Waals surface area contributed by atoms with Gasteiger partial charge in [0.05, 0.1) is 40.3 Å². The lowest BCUT2D eigenvalue weighted by atomic mass is 10.0. The summed E-state index contributed by atoms with van der Waals surface area (Å²) in [6.45, 7) is 4.56. The van der Waals surface area contributed by atoms with Crippen molar-refractivity contribution >= 4 is 17.9 Å². The number of carboxylic acids is 1. The summed E-state index contributed by atoms with van der Waals surface area (Å²) < 4.78 is 17.2. The number of carboxylic acid groups (broad SMARTS) is 1. The van der Waals surface area contributed by atoms with Crippen LogP contribution in [0.1, 0.15) is 213 Å². The summed E-state index contributed by atoms with van der Waals surface area (Å²) in [4.78, 5) is 37.0. The van der Waals surface area contributed by atoms with Crippen LogP contribution in [0, 0.1) is 0 Å². The molecule has 2 unspecified atom stereocenters. The van der Waals surface area contributed by atoms with E-state index in [1.54, 1.807) is 21.1 Å². The van der Waals surface area contributed by atoms with Crippen LogP contribution in [0.25, 0.3) is 0 Å². The Bertz CT molecular complexity index is 1120. The van der Waals surface area contributed by atoms with E-state index in [9.17, 15) is 19.5 Å². The third-order valence-corrected chi connectivity index (χ3v) is 11.0. The standard InChI is InChI=1S/C52H93NO7/c1-6-8-10-12-14-16-18-20-22-24-25-27-29-31-33-35-37-39-41-43-51(55)60-48(46-58-45-44-49(52(56)57)53(3,4)5)47-59-50(54)42-40-38-36-34-32-30-28-26-23-21-19-17-15-13-11-9-7-2/h8,10,14,16,20,22,25,27,48-49H,6-7,9,11-13,15,17-19,21,23-24,26,28-47H2,1-5H3/b10-8+,16-14+,22-20+,27-25+. The fraction of sp³-hybridized carbons (Fsp3) is 0.788. The predicted octanol–water partition coefficient (Wildman–Crippen LogP) is 12.6. The third kappa shape index (κ3) is 40.7. The Morgan fingerprint density at radius 3 is 1.38 bits per heavy atom. The van der Waals surface area contributed by atoms with E-state index >= 15 is 0 Å². The number of unbranched alkanes of at least 4 members (excludes halogenated alkanes) is 22. The minimum Gasteiger partial charge on any atom is -0.544 e. The van der Waals surface area contributed by atoms with Gasteiger partial charge in [-0.25, -0.2) is 0 Å². The lowest BCUT2D eigenvalue weighted by Gasteiger charge is -2.34. The van der Waals surface area contributed by atoms with E-state index in [1.165, 1.54) is 103 Å². The third-order valence-electron chi connectivity index (χ3n) is 11.0. The molecule has 8 heteroatoms. The number of ether oxygens (including phenoxy) is 3. The number of hydrogen-bond donors (Lipinski definition) is 0. The van der Waals surface area contributed by atoms with Crippen molar-refractivity contribution in [2.45, 2.75) is 225 Å². The topological polar surface area (TPSA) is 102 Å². The summed E-state index contributed by atoms with van der Waals surface area (Å²) in [5.74, 6) is -1.75. The van der Waals surface area contributed by atoms with E-state index in [1.807, 2.05) is 0 Å². The van der Waals surface area contributed by atoms with Crippen molar-refractivity contribution in [2.24, 2.45) is 0 Å². The van der Waals surface area contributed by atoms with Crippen molar-refractivity contribution in [3.8, 4) is 0 Å². The number of carbonyl (C=O) groups excluding carboxylic acids is 3. The van der Waals surface area contributed by atoms with Crippen molar-refractivity contribution in [3.05, 3.63) is 48.6 Å². The number of quaternary nitrogens is 1. The maximum atomic E-state index is 12.8. The molecule has 8 nitrogen and oxygen atoms in total. The van der Waals surface area contributed by atoms with Gasteiger partial charge < -0.3 is 28.6 Å². The quantitative estimate of drug-likeness (QED) is 0.0260. The van der Waals surface area contributed by atoms with E-state index in [0.29, 0.717) is 12.8 Å². The number of hydrogen-bond acceptors (Lipinski definition) is 7. The van der Waals surface area contributed by atoms with E-state index in [-0.39, 0.29) is 42.7 Å². The van der Waals surface area contributed by atoms with Gasteiger partial charge in [0.25, 0.3) is 0 Å². The van der Waals surface area contributed by atoms with Gasteiger partial charge in [-0.2, -0.15) is 0 Å². The lowest BCUT2D eigenvalue weighted by Crippen LogP contribution is -2.55. The van der Waals surface area contributed by atoms with Gasteiger partial charge in [0.1, 0.15) is 12.6 Å². The molecular formula is C52H93NO7. The van der Waals surface area contributed by atoms with Crippen molar-refractivity contribution in [2.75, 3.05) is 41.0 Å². The molecule has 60 heavy (non-hydrogen) atoms. The second-order valence-electron chi connectivity index (χ2n) is 17.7. The number of carbonyl (C=O) groups is 3. The molecule has 0 bridgehead atoms. The zero-order chi connectivity index (χ0) is 44.2. The van der Waals surface area contributed by atoms with Crippen LogP contribution in [0.3, 0.4) is 0 Å². The van der Waals surface area contributed by atoms with Crippen molar-refractivity contribution in [1.29, 1.82) is 0 Å². The molecule has 0 rings (SSSR count). The molecule has 0 spiro atoms. The van der Waals surface area contributed by atoms with Gasteiger partial charge in [0.15, 0.2) is 6.10 Å². The average molecular weight is 844 g/mol. The highest BCUT2D eigenvalue weighted by Gasteiger charge is 2.25. The molecule has 0 aliphatic carbocycles. The molecule has 348 valence electrons. The maximum Gasteiger partial charge on any atom is 0.306 e. The summed E-state index contributed by atoms with van der Waals surface area (Å²) in [6.07, 6.45) is 51.3. The highest BCUT2D eigenvalue weighted by Crippen LogP contribution is 2.16. The largest absolute Gasteiger partial charge is 0.544 e. The summed E-state index contributed by atoms with van der Waals surface area (Å²) in [7, 11) is 5.41. The molecule has 0 amide bonds. The highest BCUT2D eigenvalue weighted by molar-refractivity contribution is 5.70. The highest BCUT2D eigenvalue weighted by atomic mass is 16.6. The van der Waals surface area contributed by atoms with E-state index in [2.05, 4.69) is 62.5 Å². The monoisotopic (exact) mass is 844 g/mol. The van der Waals surface area contributed by atoms with Crippen LogP contribution >= 0.6 is 0 Å². The zero-order valence-corrected chi connectivity index (χ0v) is 39.6. The lowest BCUT2D eigenvalue weighted by molar-refractivity contribution is -0.889. The van der Waals surface area contributed by atoms with Crippen molar-refractivity contribution in [1.82, 2.24) is 0 Å². The first-order valence-corrected chi connectivity index (χ1v) is 24.7. The molecule has 0 heterocycles. The first kappa shape index (κ1) is 57.3. The van der Waals surface area contributed by atoms with Gasteiger partial charge in [-0.05, 0) is 51.4 Å². The Kier molecular flexibility index (Phi) is 41.0. The van der Waals surface area contributed by atoms with Gasteiger partial charge in [-0.1, -0.05) is 191 Å². The molecule has 0 radical (unpaired) electrons. The van der Waals surface area contributed by atoms with E-state index in [4.69, 9.17) is 14.2 Å². The van der Waals surface area contributed by atoms with Crippen molar-refractivity contribution < 1.29 is 38.2 Å². The SMILES string of the molecule is CC/C=C/C/C=C/C/C=C/C/C=C/CCCCCCCCC(=O)OC(COCCC(C(=O)[O-])[N+](C)(C)C)COC(=O)CCCCCCCCCCCCCCCCCCC. The first-order chi connectivity index (χ1) is 29.1. The average Bonchev–Trinajstić information content (AvgIpc) is 3.21. The molecule has 0 aliphatic heterocycles. The molecule has 0 aromatic carbocycles. The zero-order valence-electron chi connectivity index (χ0n) is 39.6. The Balaban J connectivity index is 4.29. The van der Waals surface area contributed by atoms with Gasteiger partial charge in [0.2, 0.25) is 0 Å². The minimum absolute atomic E-state index is 0.0360. The Labute approximate surface area is 369 Å². The van der Waals surface area contributed by atoms with Gasteiger partial charge in [0, 0.05) is 19.3 Å². The van der Waals surface area contributed by atoms with Crippen LogP contribution in [0.4, 0.5) is 0 Å². The molecule has 0 saturated carbocycles. The molecule has 0 fully saturated rings. The van der Waals surface area contributed by atoms with Crippen LogP contribution in [-0.4, -0.2) is 75.5 Å². The van der Waals surface area contributed by atoms with Crippen LogP contribution in [0.15, 0.2) is 48.6 Å². The Hall–Kier alpha value is -2.71. The van der Waals surface area contributed by atoms with Crippen LogP contribution in [0.5, 0.6) is 0 Å². The fourth-order valence-electron chi connectivity index (χ4n) is 7.18. The van der Waals surface area contributed by atoms with Gasteiger partial charge in [-0.15, -0.1) is 0 Å². The number of allylic oxidation sites excluding steroid dienone is 8. The Morgan fingerprint density at radius 1 is 0.517 bits per heavy atom. The van der Waals surface area contributed by atoms with Crippen LogP contribution in [0.2, 0.25) is 0 Å². The second kappa shape index (κ2) is 43.0. The van der Waals surface area contributed by atoms with E-state index in [0.717, 1.165) is 77.0 Å². The molecule has 0 N–H and O–H groups in total. The number of nitrogens with zero attached hydrogens (tertiary/aromatic N) is 1. The number of esters is 2. The van der Waals surface area contributed by atoms with Gasteiger partial charge >= 0.3 is 11.9 Å². The summed E-state index contributed by atoms with van der Waals surface area (Å²) in [6, 6.07) is -0.729. The molecule has 0 saturated heterocycles. The summed E-state index contributed by atoms with van der Waals surface area (Å²) in [5, 5.41) is 11.7. The predicted molar refractivity (Wildman–Crippen MR) is 250 cm³/mol. The fourth-order valence-corrected chi connectivity index (χ4v) is 7.18. The van der Waals surface area contributed by atoms with Gasteiger partial charge in [-0.3, -0.25) is 9.59 Å². The molecule has 0 aliphatic rings. The molecule has 0 aromatic rings. The molecular weight excluding hydrogens is 751 g/mol. The Morgan fingerprint density at radius 2 is 0.933 bits per heavy atom. The number of aliphatic carboxylic acids is 1. The molecule has 0 aromatic heterocycles. The van der Waals surface area contributed by atoms with Crippen LogP contribution in [-0.2, 0) is 28.6 Å². The first-order valence-electron chi connectivity index (χ1n) is 24.7. The van der Waals surface area contributed by atoms with Crippen molar-refractivity contribution in [3.63, 3.8) is 0 Å². The maximum absolute atomic E-state index is 12.8. The molecule has 2 atom stereocenters. The number of rotatable bonds is 44. The van der Waals surface area contributed by atoms with Crippen LogP contribution < -0.4 is 5.11 Å². The normalized spacial score (nSPS) is 13.3. The summed E-state index contributed by atoms with van der Waals surface area (Å²) in [5.41, 5.74) is 0. The summed E-state index contributed by atoms with van der Waals surface area (Å²) >= 11 is 0. The second-order valence-corrected chi connectivity index (χ2v) is 17.7. The number of likely N-dealkylation sites (N-methyl/N-ethyl adjacent to an activating group) is 1. The van der Waals surface area contributed by atoms with E-state index < -0.39 is 18.1 Å².